The second-order valence-electron chi connectivity index (χ2n) is 3.13. The highest BCUT2D eigenvalue weighted by molar-refractivity contribution is 6.17. The first-order valence-electron chi connectivity index (χ1n) is 5.18. The van der Waals surface area contributed by atoms with Crippen molar-refractivity contribution in [1.82, 2.24) is 9.97 Å². The van der Waals surface area contributed by atoms with Crippen LogP contribution in [-0.2, 0) is 8.85 Å². The molecule has 17 heavy (non-hydrogen) atoms. The maximum atomic E-state index is 4.61. The molecule has 5 heteroatoms. The molecule has 2 rings (SSSR count). The summed E-state index contributed by atoms with van der Waals surface area (Å²) in [6.07, 6.45) is 3.54. The quantitative estimate of drug-likeness (QED) is 0.771. The molecule has 4 nitrogen and oxygen atoms in total. The summed E-state index contributed by atoms with van der Waals surface area (Å²) < 4.78 is 9.22. The van der Waals surface area contributed by atoms with Crippen molar-refractivity contribution in [1.29, 1.82) is 0 Å². The van der Waals surface area contributed by atoms with Gasteiger partial charge >= 0.3 is 10.0 Å². The van der Waals surface area contributed by atoms with Gasteiger partial charge in [0.1, 0.15) is 0 Å². The van der Waals surface area contributed by atoms with Crippen molar-refractivity contribution in [3.8, 4) is 11.4 Å². The monoisotopic (exact) mass is 248 g/mol. The Morgan fingerprint density at radius 3 is 1.53 bits per heavy atom. The summed E-state index contributed by atoms with van der Waals surface area (Å²) in [5.74, 6) is 0. The summed E-state index contributed by atoms with van der Waals surface area (Å²) in [7, 11) is 2.73. The van der Waals surface area contributed by atoms with Gasteiger partial charge in [-0.05, 0) is 24.3 Å². The van der Waals surface area contributed by atoms with Crippen molar-refractivity contribution < 1.29 is 8.85 Å². The molecule has 2 aromatic rings. The first-order valence-corrected chi connectivity index (χ1v) is 6.34. The molecule has 0 spiro atoms. The van der Waals surface area contributed by atoms with Crippen LogP contribution >= 0.6 is 0 Å². The van der Waals surface area contributed by atoms with E-state index in [2.05, 4.69) is 18.8 Å². The summed E-state index contributed by atoms with van der Waals surface area (Å²) in [4.78, 5) is 8.37. The predicted octanol–water partition coefficient (Wildman–Crippen LogP) is 1.42. The largest absolute Gasteiger partial charge is 0.402 e. The number of pyridine rings is 2. The van der Waals surface area contributed by atoms with Crippen LogP contribution in [0.5, 0.6) is 0 Å². The smallest absolute Gasteiger partial charge is 0.303 e. The van der Waals surface area contributed by atoms with E-state index in [1.165, 1.54) is 0 Å². The van der Waals surface area contributed by atoms with Crippen molar-refractivity contribution in [2.24, 2.45) is 0 Å². The highest BCUT2D eigenvalue weighted by Crippen LogP contribution is 2.10. The predicted molar refractivity (Wildman–Crippen MR) is 70.0 cm³/mol. The molecule has 90 valence electrons. The summed E-state index contributed by atoms with van der Waals surface area (Å²) in [6, 6.07) is 11.6. The van der Waals surface area contributed by atoms with Crippen LogP contribution in [-0.4, -0.2) is 34.2 Å². The van der Waals surface area contributed by atoms with Crippen LogP contribution in [0.4, 0.5) is 0 Å². The van der Waals surface area contributed by atoms with E-state index in [0.717, 1.165) is 11.4 Å². The van der Waals surface area contributed by atoms with Gasteiger partial charge in [0.15, 0.2) is 0 Å². The van der Waals surface area contributed by atoms with Gasteiger partial charge in [0, 0.05) is 26.6 Å². The summed E-state index contributed by atoms with van der Waals surface area (Å²) in [5.41, 5.74) is 1.83. The van der Waals surface area contributed by atoms with E-state index in [4.69, 9.17) is 0 Å². The van der Waals surface area contributed by atoms with Gasteiger partial charge in [0.2, 0.25) is 0 Å². The van der Waals surface area contributed by atoms with E-state index in [0.29, 0.717) is 0 Å². The fourth-order valence-corrected chi connectivity index (χ4v) is 1.38. The number of aromatic nitrogens is 2. The molecule has 0 fully saturated rings. The Hall–Kier alpha value is -1.56. The van der Waals surface area contributed by atoms with Crippen LogP contribution in [0, 0.1) is 0 Å². The minimum Gasteiger partial charge on any atom is -0.402 e. The van der Waals surface area contributed by atoms with Crippen molar-refractivity contribution in [2.45, 2.75) is 0 Å². The molecule has 0 N–H and O–H groups in total. The summed E-state index contributed by atoms with van der Waals surface area (Å²) in [5, 5.41) is 0. The van der Waals surface area contributed by atoms with Crippen LogP contribution in [0.3, 0.4) is 0 Å². The Balaban J connectivity index is 0.000000249. The minimum absolute atomic E-state index is 0.568. The summed E-state index contributed by atoms with van der Waals surface area (Å²) in [6.45, 7) is 0. The molecule has 0 aliphatic carbocycles. The van der Waals surface area contributed by atoms with Crippen LogP contribution in [0.25, 0.3) is 11.4 Å². The third-order valence-corrected chi connectivity index (χ3v) is 2.30. The van der Waals surface area contributed by atoms with E-state index in [-0.39, 0.29) is 0 Å². The number of nitrogens with zero attached hydrogens (tertiary/aromatic N) is 2. The van der Waals surface area contributed by atoms with Crippen LogP contribution < -0.4 is 0 Å². The highest BCUT2D eigenvalue weighted by atomic mass is 28.3. The molecule has 0 aliphatic heterocycles. The minimum atomic E-state index is -0.568. The van der Waals surface area contributed by atoms with E-state index in [9.17, 15) is 0 Å². The standard InChI is InChI=1S/C10H8N2.C2H8O2Si/c1-3-7-11-9(5-1)10-6-2-4-8-12-10;1-3-5-4-2/h1-8H;5H2,1-2H3. The zero-order valence-electron chi connectivity index (χ0n) is 10.0. The third kappa shape index (κ3) is 5.35. The average molecular weight is 248 g/mol. The van der Waals surface area contributed by atoms with Gasteiger partial charge in [-0.1, -0.05) is 12.1 Å². The Labute approximate surface area is 104 Å². The topological polar surface area (TPSA) is 44.2 Å². The lowest BCUT2D eigenvalue weighted by molar-refractivity contribution is 0.309. The molecule has 2 aromatic heterocycles. The van der Waals surface area contributed by atoms with Gasteiger partial charge in [-0.2, -0.15) is 0 Å². The number of rotatable bonds is 3. The SMILES string of the molecule is CO[SiH2]OC.c1ccc(-c2ccccn2)nc1. The lowest BCUT2D eigenvalue weighted by Crippen LogP contribution is -1.93. The molecule has 0 aliphatic rings. The Bertz CT molecular complexity index is 358. The Morgan fingerprint density at radius 2 is 1.29 bits per heavy atom. The Kier molecular flexibility index (Phi) is 6.81. The molecule has 0 atom stereocenters. The number of hydrogen-bond donors (Lipinski definition) is 0. The maximum absolute atomic E-state index is 4.61. The molecular weight excluding hydrogens is 232 g/mol. The van der Waals surface area contributed by atoms with Gasteiger partial charge in [0.25, 0.3) is 0 Å². The molecule has 0 radical (unpaired) electrons. The van der Waals surface area contributed by atoms with Gasteiger partial charge in [-0.25, -0.2) is 0 Å². The molecule has 0 unspecified atom stereocenters. The van der Waals surface area contributed by atoms with Gasteiger partial charge in [0.05, 0.1) is 11.4 Å². The second kappa shape index (κ2) is 8.57. The van der Waals surface area contributed by atoms with Gasteiger partial charge in [-0.15, -0.1) is 0 Å². The maximum Gasteiger partial charge on any atom is 0.303 e. The first kappa shape index (κ1) is 13.5. The van der Waals surface area contributed by atoms with E-state index >= 15 is 0 Å². The van der Waals surface area contributed by atoms with Gasteiger partial charge in [-0.3, -0.25) is 9.97 Å². The first-order chi connectivity index (χ1) is 8.38. The molecule has 0 saturated heterocycles. The molecule has 0 saturated carbocycles. The average Bonchev–Trinajstić information content (AvgIpc) is 2.42. The fraction of sp³-hybridized carbons (Fsp3) is 0.167. The van der Waals surface area contributed by atoms with Crippen LogP contribution in [0.1, 0.15) is 0 Å². The molecule has 0 amide bonds. The van der Waals surface area contributed by atoms with Crippen LogP contribution in [0.15, 0.2) is 48.8 Å². The fourth-order valence-electron chi connectivity index (χ4n) is 1.15. The molecule has 0 bridgehead atoms. The van der Waals surface area contributed by atoms with E-state index in [1.54, 1.807) is 26.6 Å². The molecule has 2 heterocycles. The highest BCUT2D eigenvalue weighted by Gasteiger charge is 1.95. The third-order valence-electron chi connectivity index (χ3n) is 1.83. The molecular formula is C12H16N2O2Si. The number of hydrogen-bond acceptors (Lipinski definition) is 4. The second-order valence-corrected chi connectivity index (χ2v) is 4.52. The zero-order chi connectivity index (χ0) is 12.3. The van der Waals surface area contributed by atoms with E-state index < -0.39 is 10.0 Å². The van der Waals surface area contributed by atoms with Crippen molar-refractivity contribution >= 4 is 10.0 Å². The van der Waals surface area contributed by atoms with Crippen LogP contribution in [0.2, 0.25) is 0 Å². The lowest BCUT2D eigenvalue weighted by atomic mass is 10.2. The normalized spacial score (nSPS) is 9.29. The van der Waals surface area contributed by atoms with E-state index in [1.807, 2.05) is 36.4 Å². The summed E-state index contributed by atoms with van der Waals surface area (Å²) >= 11 is 0. The zero-order valence-corrected chi connectivity index (χ0v) is 11.5. The van der Waals surface area contributed by atoms with Crippen molar-refractivity contribution in [3.63, 3.8) is 0 Å². The lowest BCUT2D eigenvalue weighted by Gasteiger charge is -1.96. The van der Waals surface area contributed by atoms with Gasteiger partial charge < -0.3 is 8.85 Å². The molecule has 0 aromatic carbocycles. The van der Waals surface area contributed by atoms with Crippen molar-refractivity contribution in [3.05, 3.63) is 48.8 Å². The Morgan fingerprint density at radius 1 is 0.824 bits per heavy atom. The van der Waals surface area contributed by atoms with Crippen molar-refractivity contribution in [2.75, 3.05) is 14.2 Å².